The molecule has 0 bridgehead atoms. The highest BCUT2D eigenvalue weighted by Gasteiger charge is 2.21. The van der Waals surface area contributed by atoms with Gasteiger partial charge in [0.05, 0.1) is 13.1 Å². The lowest BCUT2D eigenvalue weighted by Crippen LogP contribution is -2.51. The quantitative estimate of drug-likeness (QED) is 0.740. The van der Waals surface area contributed by atoms with Crippen LogP contribution in [0.2, 0.25) is 0 Å². The molecular formula is C13H22N6O2S. The number of anilines is 1. The molecule has 122 valence electrons. The van der Waals surface area contributed by atoms with Gasteiger partial charge in [-0.15, -0.1) is 10.2 Å². The van der Waals surface area contributed by atoms with Gasteiger partial charge in [-0.25, -0.2) is 0 Å². The molecule has 0 atom stereocenters. The van der Waals surface area contributed by atoms with Crippen molar-refractivity contribution in [1.29, 1.82) is 0 Å². The second-order valence-corrected chi connectivity index (χ2v) is 6.40. The predicted octanol–water partition coefficient (Wildman–Crippen LogP) is -0.381. The first-order chi connectivity index (χ1) is 10.5. The minimum atomic E-state index is -0.0808. The molecule has 1 fully saturated rings. The zero-order valence-electron chi connectivity index (χ0n) is 12.9. The average molecular weight is 326 g/mol. The summed E-state index contributed by atoms with van der Waals surface area (Å²) < 4.78 is 0. The summed E-state index contributed by atoms with van der Waals surface area (Å²) in [7, 11) is 0. The van der Waals surface area contributed by atoms with Crippen LogP contribution in [0.5, 0.6) is 0 Å². The molecular weight excluding hydrogens is 304 g/mol. The van der Waals surface area contributed by atoms with Gasteiger partial charge < -0.3 is 5.32 Å². The Morgan fingerprint density at radius 1 is 1.18 bits per heavy atom. The van der Waals surface area contributed by atoms with Crippen LogP contribution >= 0.6 is 11.3 Å². The predicted molar refractivity (Wildman–Crippen MR) is 84.7 cm³/mol. The number of nitrogens with one attached hydrogen (secondary N) is 2. The highest BCUT2D eigenvalue weighted by atomic mass is 32.1. The molecule has 0 saturated carbocycles. The number of piperazine rings is 1. The highest BCUT2D eigenvalue weighted by Crippen LogP contribution is 2.08. The van der Waals surface area contributed by atoms with Gasteiger partial charge in [0.25, 0.3) is 0 Å². The van der Waals surface area contributed by atoms with Gasteiger partial charge in [-0.2, -0.15) is 0 Å². The molecule has 0 radical (unpaired) electrons. The summed E-state index contributed by atoms with van der Waals surface area (Å²) in [4.78, 5) is 27.8. The molecule has 1 aromatic rings. The Bertz CT molecular complexity index is 485. The van der Waals surface area contributed by atoms with E-state index in [1.54, 1.807) is 5.51 Å². The van der Waals surface area contributed by atoms with Crippen LogP contribution in [0.4, 0.5) is 5.13 Å². The SMILES string of the molecule is CC(C)NC(=O)CN1CCN(CC(=O)Nc2nncs2)CC1. The second-order valence-electron chi connectivity index (χ2n) is 5.57. The van der Waals surface area contributed by atoms with E-state index >= 15 is 0 Å². The first kappa shape index (κ1) is 16.8. The number of rotatable bonds is 6. The lowest BCUT2D eigenvalue weighted by atomic mass is 10.3. The molecule has 1 saturated heterocycles. The Kier molecular flexibility index (Phi) is 6.22. The summed E-state index contributed by atoms with van der Waals surface area (Å²) in [5.41, 5.74) is 1.58. The van der Waals surface area contributed by atoms with E-state index in [0.29, 0.717) is 18.2 Å². The van der Waals surface area contributed by atoms with Crippen LogP contribution in [0.15, 0.2) is 5.51 Å². The number of carbonyl (C=O) groups excluding carboxylic acids is 2. The van der Waals surface area contributed by atoms with E-state index in [9.17, 15) is 9.59 Å². The maximum atomic E-state index is 11.9. The standard InChI is InChI=1S/C13H22N6O2S/c1-10(2)15-11(20)7-18-3-5-19(6-4-18)8-12(21)16-13-17-14-9-22-13/h9-10H,3-8H2,1-2H3,(H,15,20)(H,16,17,21). The van der Waals surface area contributed by atoms with Gasteiger partial charge >= 0.3 is 0 Å². The molecule has 0 spiro atoms. The molecule has 0 unspecified atom stereocenters. The van der Waals surface area contributed by atoms with Gasteiger partial charge in [0, 0.05) is 32.2 Å². The monoisotopic (exact) mass is 326 g/mol. The van der Waals surface area contributed by atoms with Gasteiger partial charge in [0.15, 0.2) is 0 Å². The number of nitrogens with zero attached hydrogens (tertiary/aromatic N) is 4. The zero-order valence-corrected chi connectivity index (χ0v) is 13.7. The normalized spacial score (nSPS) is 16.7. The van der Waals surface area contributed by atoms with E-state index in [2.05, 4.69) is 30.6 Å². The van der Waals surface area contributed by atoms with Crippen molar-refractivity contribution in [2.45, 2.75) is 19.9 Å². The van der Waals surface area contributed by atoms with Gasteiger partial charge in [-0.3, -0.25) is 24.7 Å². The van der Waals surface area contributed by atoms with Crippen molar-refractivity contribution in [2.24, 2.45) is 0 Å². The molecule has 8 nitrogen and oxygen atoms in total. The Balaban J connectivity index is 1.66. The van der Waals surface area contributed by atoms with Gasteiger partial charge in [-0.1, -0.05) is 11.3 Å². The molecule has 2 rings (SSSR count). The number of carbonyl (C=O) groups is 2. The molecule has 1 aromatic heterocycles. The summed E-state index contributed by atoms with van der Waals surface area (Å²) in [6.07, 6.45) is 0. The third-order valence-corrected chi connectivity index (χ3v) is 3.86. The summed E-state index contributed by atoms with van der Waals surface area (Å²) in [5.74, 6) is -0.0276. The van der Waals surface area contributed by atoms with Crippen molar-refractivity contribution < 1.29 is 9.59 Å². The van der Waals surface area contributed by atoms with E-state index in [-0.39, 0.29) is 17.9 Å². The van der Waals surface area contributed by atoms with Crippen LogP contribution in [-0.2, 0) is 9.59 Å². The van der Waals surface area contributed by atoms with Crippen molar-refractivity contribution >= 4 is 28.3 Å². The lowest BCUT2D eigenvalue weighted by molar-refractivity contribution is -0.124. The summed E-state index contributed by atoms with van der Waals surface area (Å²) in [6.45, 7) is 7.79. The van der Waals surface area contributed by atoms with Crippen molar-refractivity contribution in [1.82, 2.24) is 25.3 Å². The van der Waals surface area contributed by atoms with E-state index in [1.807, 2.05) is 13.8 Å². The van der Waals surface area contributed by atoms with E-state index in [1.165, 1.54) is 11.3 Å². The Hall–Kier alpha value is -1.58. The zero-order chi connectivity index (χ0) is 15.9. The molecule has 0 aromatic carbocycles. The summed E-state index contributed by atoms with van der Waals surface area (Å²) >= 11 is 1.30. The van der Waals surface area contributed by atoms with E-state index in [0.717, 1.165) is 26.2 Å². The van der Waals surface area contributed by atoms with Crippen molar-refractivity contribution in [3.8, 4) is 0 Å². The molecule has 22 heavy (non-hydrogen) atoms. The van der Waals surface area contributed by atoms with Crippen LogP contribution in [0.1, 0.15) is 13.8 Å². The van der Waals surface area contributed by atoms with Gasteiger partial charge in [-0.05, 0) is 13.8 Å². The molecule has 1 aliphatic heterocycles. The van der Waals surface area contributed by atoms with Crippen LogP contribution < -0.4 is 10.6 Å². The molecule has 2 amide bonds. The fourth-order valence-corrected chi connectivity index (χ4v) is 2.73. The minimum Gasteiger partial charge on any atom is -0.353 e. The van der Waals surface area contributed by atoms with E-state index in [4.69, 9.17) is 0 Å². The average Bonchev–Trinajstić information content (AvgIpc) is 2.92. The van der Waals surface area contributed by atoms with Crippen molar-refractivity contribution in [3.63, 3.8) is 0 Å². The first-order valence-corrected chi connectivity index (χ1v) is 8.21. The molecule has 1 aliphatic rings. The van der Waals surface area contributed by atoms with Crippen LogP contribution in [0.3, 0.4) is 0 Å². The van der Waals surface area contributed by atoms with Gasteiger partial charge in [0.2, 0.25) is 16.9 Å². The third-order valence-electron chi connectivity index (χ3n) is 3.26. The third kappa shape index (κ3) is 5.66. The molecule has 0 aliphatic carbocycles. The summed E-state index contributed by atoms with van der Waals surface area (Å²) in [5, 5.41) is 13.6. The van der Waals surface area contributed by atoms with Crippen LogP contribution in [0.25, 0.3) is 0 Å². The van der Waals surface area contributed by atoms with Crippen molar-refractivity contribution in [3.05, 3.63) is 5.51 Å². The second kappa shape index (κ2) is 8.16. The van der Waals surface area contributed by atoms with Crippen molar-refractivity contribution in [2.75, 3.05) is 44.6 Å². The number of hydrogen-bond donors (Lipinski definition) is 2. The maximum Gasteiger partial charge on any atom is 0.240 e. The molecule has 2 N–H and O–H groups in total. The maximum absolute atomic E-state index is 11.9. The number of hydrogen-bond acceptors (Lipinski definition) is 7. The molecule has 9 heteroatoms. The van der Waals surface area contributed by atoms with E-state index < -0.39 is 0 Å². The smallest absolute Gasteiger partial charge is 0.240 e. The lowest BCUT2D eigenvalue weighted by Gasteiger charge is -2.33. The molecule has 2 heterocycles. The van der Waals surface area contributed by atoms with Crippen LogP contribution in [-0.4, -0.2) is 77.1 Å². The Labute approximate surface area is 133 Å². The highest BCUT2D eigenvalue weighted by molar-refractivity contribution is 7.13. The first-order valence-electron chi connectivity index (χ1n) is 7.33. The summed E-state index contributed by atoms with van der Waals surface area (Å²) in [6, 6.07) is 0.165. The fourth-order valence-electron chi connectivity index (χ4n) is 2.27. The van der Waals surface area contributed by atoms with Gasteiger partial charge in [0.1, 0.15) is 5.51 Å². The minimum absolute atomic E-state index is 0.0532. The Morgan fingerprint density at radius 2 is 1.77 bits per heavy atom. The largest absolute Gasteiger partial charge is 0.353 e. The Morgan fingerprint density at radius 3 is 2.27 bits per heavy atom. The number of aromatic nitrogens is 2. The number of amides is 2. The fraction of sp³-hybridized carbons (Fsp3) is 0.692. The topological polar surface area (TPSA) is 90.5 Å². The van der Waals surface area contributed by atoms with Crippen LogP contribution in [0, 0.1) is 0 Å².